The summed E-state index contributed by atoms with van der Waals surface area (Å²) in [6.07, 6.45) is 10.7. The minimum Gasteiger partial charge on any atom is -0.369 e. The SMILES string of the molecule is COC1(NC(=O)[C@@H](CCCNC(=O)CCCCCCN2CCN(c3ccc4c(c3)CN(C3CCC(=O)NC3=O)C4=O)CC2)c2ccc(-n3cc(F)cn3)nc2)CCN(c2nc(C)cc(Nc3cc(C)[nH]n3)n2)CC1. The predicted octanol–water partition coefficient (Wildman–Crippen LogP) is 4.55. The van der Waals surface area contributed by atoms with E-state index in [1.165, 1.54) is 10.9 Å². The molecule has 1 unspecified atom stereocenters. The van der Waals surface area contributed by atoms with Gasteiger partial charge in [-0.15, -0.1) is 0 Å². The Labute approximate surface area is 429 Å². The third-order valence-corrected chi connectivity index (χ3v) is 14.5. The van der Waals surface area contributed by atoms with Crippen molar-refractivity contribution >= 4 is 52.8 Å². The van der Waals surface area contributed by atoms with E-state index < -0.39 is 29.4 Å². The molecule has 4 aromatic heterocycles. The normalized spacial score (nSPS) is 18.3. The van der Waals surface area contributed by atoms with E-state index in [0.717, 1.165) is 87.2 Å². The van der Waals surface area contributed by atoms with Crippen LogP contribution in [0.1, 0.15) is 109 Å². The summed E-state index contributed by atoms with van der Waals surface area (Å²) in [5.74, 6) is 0.0804. The second kappa shape index (κ2) is 23.3. The molecule has 8 heterocycles. The van der Waals surface area contributed by atoms with E-state index in [0.29, 0.717) is 99.2 Å². The summed E-state index contributed by atoms with van der Waals surface area (Å²) < 4.78 is 21.2. The number of piperidine rings is 2. The molecule has 3 fully saturated rings. The molecule has 0 spiro atoms. The van der Waals surface area contributed by atoms with Gasteiger partial charge in [0.1, 0.15) is 17.6 Å². The Morgan fingerprint density at radius 1 is 0.905 bits per heavy atom. The van der Waals surface area contributed by atoms with E-state index >= 15 is 0 Å². The first kappa shape index (κ1) is 51.6. The van der Waals surface area contributed by atoms with Crippen molar-refractivity contribution in [3.8, 4) is 5.82 Å². The highest BCUT2D eigenvalue weighted by atomic mass is 19.1. The van der Waals surface area contributed by atoms with Gasteiger partial charge in [-0.3, -0.25) is 39.3 Å². The number of aromatic nitrogens is 7. The van der Waals surface area contributed by atoms with Crippen molar-refractivity contribution in [1.82, 2.24) is 60.7 Å². The van der Waals surface area contributed by atoms with Gasteiger partial charge in [0.15, 0.2) is 17.5 Å². The van der Waals surface area contributed by atoms with Crippen molar-refractivity contribution in [2.45, 2.75) is 109 Å². The lowest BCUT2D eigenvalue weighted by Gasteiger charge is -2.42. The average molecular weight is 1020 g/mol. The number of benzene rings is 1. The van der Waals surface area contributed by atoms with Gasteiger partial charge < -0.3 is 35.4 Å². The number of rotatable bonds is 21. The molecule has 21 nitrogen and oxygen atoms in total. The Kier molecular flexibility index (Phi) is 16.2. The van der Waals surface area contributed by atoms with Crippen LogP contribution >= 0.6 is 0 Å². The van der Waals surface area contributed by atoms with Gasteiger partial charge in [-0.1, -0.05) is 18.9 Å². The zero-order chi connectivity index (χ0) is 51.8. The molecule has 2 atom stereocenters. The Balaban J connectivity index is 0.698. The molecule has 0 radical (unpaired) electrons. The van der Waals surface area contributed by atoms with Gasteiger partial charge in [0.05, 0.1) is 18.3 Å². The van der Waals surface area contributed by atoms with E-state index in [4.69, 9.17) is 14.7 Å². The van der Waals surface area contributed by atoms with Crippen molar-refractivity contribution in [2.75, 3.05) is 74.6 Å². The topological polar surface area (TPSA) is 241 Å². The van der Waals surface area contributed by atoms with Crippen LogP contribution in [-0.4, -0.2) is 146 Å². The Morgan fingerprint density at radius 3 is 2.43 bits per heavy atom. The number of H-pyrrole nitrogens is 1. The highest BCUT2D eigenvalue weighted by Gasteiger charge is 2.40. The standard InChI is InChI=1S/C52H66FN15O6/c1-34-27-43(58-44-28-35(2)62-63-44)59-51(57-34)66-21-17-52(74-3,18-22-66)61-48(71)40(36-11-15-45(55-30-36)68-33-38(53)31-56-68)9-8-19-54-46(69)10-6-4-5-7-20-64-23-25-65(26-24-64)39-12-13-41-37(29-39)32-67(50(41)73)42-14-16-47(70)60-49(42)72/h11-13,15,27-31,33,40,42H,4-10,14,16-26,32H2,1-3H3,(H,54,69)(H,61,71)(H,60,70,72)(H2,57,58,59,62,63)/t40-,42?/m0/s1. The molecule has 5 N–H and O–H groups in total. The van der Waals surface area contributed by atoms with Crippen molar-refractivity contribution in [1.29, 1.82) is 0 Å². The van der Waals surface area contributed by atoms with Crippen molar-refractivity contribution < 1.29 is 33.1 Å². The molecule has 0 bridgehead atoms. The summed E-state index contributed by atoms with van der Waals surface area (Å²) >= 11 is 0. The van der Waals surface area contributed by atoms with Gasteiger partial charge >= 0.3 is 0 Å². The van der Waals surface area contributed by atoms with Crippen molar-refractivity contribution in [3.05, 3.63) is 95.0 Å². The Bertz CT molecular complexity index is 2800. The van der Waals surface area contributed by atoms with Crippen LogP contribution in [0.25, 0.3) is 5.82 Å². The van der Waals surface area contributed by atoms with E-state index in [1.807, 2.05) is 38.1 Å². The highest BCUT2D eigenvalue weighted by Crippen LogP contribution is 2.32. The number of amides is 5. The summed E-state index contributed by atoms with van der Waals surface area (Å²) in [5.41, 5.74) is 4.07. The number of unbranched alkanes of at least 4 members (excludes halogenated alkanes) is 3. The lowest BCUT2D eigenvalue weighted by molar-refractivity contribution is -0.137. The molecule has 5 aromatic rings. The zero-order valence-corrected chi connectivity index (χ0v) is 42.4. The second-order valence-electron chi connectivity index (χ2n) is 19.8. The number of nitrogens with one attached hydrogen (secondary N) is 5. The smallest absolute Gasteiger partial charge is 0.255 e. The van der Waals surface area contributed by atoms with Crippen LogP contribution in [0.15, 0.2) is 61.1 Å². The highest BCUT2D eigenvalue weighted by molar-refractivity contribution is 6.05. The number of aromatic amines is 1. The number of carbonyl (C=O) groups is 5. The van der Waals surface area contributed by atoms with Gasteiger partial charge in [0.2, 0.25) is 29.6 Å². The molecule has 4 aliphatic rings. The number of methoxy groups -OCH3 is 1. The molecule has 9 rings (SSSR count). The second-order valence-corrected chi connectivity index (χ2v) is 19.8. The van der Waals surface area contributed by atoms with Crippen LogP contribution in [0.2, 0.25) is 0 Å². The molecule has 0 aliphatic carbocycles. The van der Waals surface area contributed by atoms with Gasteiger partial charge in [-0.05, 0) is 87.9 Å². The van der Waals surface area contributed by atoms with Crippen molar-refractivity contribution in [2.24, 2.45) is 0 Å². The fraction of sp³-hybridized carbons (Fsp3) is 0.500. The van der Waals surface area contributed by atoms with E-state index in [2.05, 4.69) is 62.3 Å². The number of fused-ring (bicyclic) bond motifs is 1. The summed E-state index contributed by atoms with van der Waals surface area (Å²) in [6.45, 7) is 10.3. The quantitative estimate of drug-likeness (QED) is 0.0385. The summed E-state index contributed by atoms with van der Waals surface area (Å²) in [6, 6.07) is 12.6. The monoisotopic (exact) mass is 1020 g/mol. The molecule has 0 saturated carbocycles. The fourth-order valence-electron chi connectivity index (χ4n) is 10.3. The van der Waals surface area contributed by atoms with Crippen molar-refractivity contribution in [3.63, 3.8) is 0 Å². The van der Waals surface area contributed by atoms with Gasteiger partial charge in [0.25, 0.3) is 5.91 Å². The first-order valence-electron chi connectivity index (χ1n) is 25.8. The van der Waals surface area contributed by atoms with E-state index in [9.17, 15) is 28.4 Å². The van der Waals surface area contributed by atoms with Crippen LogP contribution in [0.3, 0.4) is 0 Å². The third-order valence-electron chi connectivity index (χ3n) is 14.5. The molecule has 3 saturated heterocycles. The Morgan fingerprint density at radius 2 is 1.72 bits per heavy atom. The number of nitrogens with zero attached hydrogens (tertiary/aromatic N) is 10. The minimum absolute atomic E-state index is 0.0129. The van der Waals surface area contributed by atoms with E-state index in [1.54, 1.807) is 30.3 Å². The van der Waals surface area contributed by atoms with E-state index in [-0.39, 0.29) is 30.0 Å². The number of piperazine rings is 1. The zero-order valence-electron chi connectivity index (χ0n) is 42.4. The van der Waals surface area contributed by atoms with Gasteiger partial charge in [-0.25, -0.2) is 19.0 Å². The number of carbonyl (C=O) groups excluding carboxylic acids is 5. The van der Waals surface area contributed by atoms with Crippen LogP contribution in [0.5, 0.6) is 0 Å². The lowest BCUT2D eigenvalue weighted by atomic mass is 9.92. The van der Waals surface area contributed by atoms with Gasteiger partial charge in [-0.2, -0.15) is 15.2 Å². The molecule has 74 heavy (non-hydrogen) atoms. The molecule has 392 valence electrons. The Hall–Kier alpha value is -7.33. The molecule has 22 heteroatoms. The minimum atomic E-state index is -0.937. The van der Waals surface area contributed by atoms with Crippen LogP contribution in [0.4, 0.5) is 27.7 Å². The third kappa shape index (κ3) is 12.5. The lowest BCUT2D eigenvalue weighted by Crippen LogP contribution is -2.57. The molecular weight excluding hydrogens is 950 g/mol. The first-order valence-corrected chi connectivity index (χ1v) is 25.8. The number of hydrogen-bond acceptors (Lipinski definition) is 15. The summed E-state index contributed by atoms with van der Waals surface area (Å²) in [5, 5.41) is 23.1. The number of imide groups is 1. The van der Waals surface area contributed by atoms with Crippen LogP contribution < -0.4 is 31.1 Å². The maximum absolute atomic E-state index is 14.3. The number of aryl methyl sites for hydroxylation is 2. The summed E-state index contributed by atoms with van der Waals surface area (Å²) in [7, 11) is 1.60. The fourth-order valence-corrected chi connectivity index (χ4v) is 10.3. The average Bonchev–Trinajstić information content (AvgIpc) is 4.12. The number of pyridine rings is 1. The molecular formula is C52H66FN15O6. The molecule has 4 aliphatic heterocycles. The number of ether oxygens (including phenoxy) is 1. The number of hydrogen-bond donors (Lipinski definition) is 5. The number of anilines is 4. The van der Waals surface area contributed by atoms with Crippen LogP contribution in [-0.2, 0) is 30.5 Å². The molecule has 5 amide bonds. The van der Waals surface area contributed by atoms with Gasteiger partial charge in [0, 0.05) is 126 Å². The predicted molar refractivity (Wildman–Crippen MR) is 273 cm³/mol. The largest absolute Gasteiger partial charge is 0.369 e. The summed E-state index contributed by atoms with van der Waals surface area (Å²) in [4.78, 5) is 87.0. The maximum Gasteiger partial charge on any atom is 0.255 e. The first-order chi connectivity index (χ1) is 35.8. The van der Waals surface area contributed by atoms with Crippen LogP contribution in [0, 0.1) is 19.7 Å². The number of halogens is 1. The maximum atomic E-state index is 14.3. The molecule has 1 aromatic carbocycles.